The molecule has 6 heteroatoms. The fourth-order valence-corrected chi connectivity index (χ4v) is 8.62. The molecule has 4 rings (SSSR count). The van der Waals surface area contributed by atoms with Gasteiger partial charge in [0.25, 0.3) is 0 Å². The Balaban J connectivity index is 1.53. The first-order valence-corrected chi connectivity index (χ1v) is 14.8. The van der Waals surface area contributed by atoms with Crippen LogP contribution in [-0.4, -0.2) is 37.8 Å². The fraction of sp³-hybridized carbons (Fsp3) is 0.567. The van der Waals surface area contributed by atoms with Gasteiger partial charge in [0, 0.05) is 17.7 Å². The van der Waals surface area contributed by atoms with Gasteiger partial charge in [-0.2, -0.15) is 8.78 Å². The van der Waals surface area contributed by atoms with E-state index in [0.29, 0.717) is 24.3 Å². The first-order valence-electron chi connectivity index (χ1n) is 13.1. The largest absolute Gasteiger partial charge is 0.393 e. The number of aliphatic hydroxyl groups is 2. The normalized spacial score (nSPS) is 36.0. The third-order valence-electron chi connectivity index (χ3n) is 9.15. The average Bonchev–Trinajstić information content (AvgIpc) is 3.18. The molecule has 0 spiro atoms. The summed E-state index contributed by atoms with van der Waals surface area (Å²) in [4.78, 5) is 0.105. The van der Waals surface area contributed by atoms with Crippen molar-refractivity contribution in [1.29, 1.82) is 0 Å². The van der Waals surface area contributed by atoms with Gasteiger partial charge in [0.05, 0.1) is 21.7 Å². The lowest BCUT2D eigenvalue weighted by Gasteiger charge is -2.45. The number of halogens is 2. The van der Waals surface area contributed by atoms with Gasteiger partial charge in [-0.1, -0.05) is 56.4 Å². The van der Waals surface area contributed by atoms with Crippen LogP contribution in [0.2, 0.25) is 0 Å². The summed E-state index contributed by atoms with van der Waals surface area (Å²) in [6.45, 7) is 8.14. The molecule has 7 atom stereocenters. The molecule has 0 saturated heterocycles. The molecule has 198 valence electrons. The predicted octanol–water partition coefficient (Wildman–Crippen LogP) is 6.52. The van der Waals surface area contributed by atoms with Gasteiger partial charge in [-0.05, 0) is 90.8 Å². The fourth-order valence-electron chi connectivity index (χ4n) is 7.14. The minimum atomic E-state index is -3.76. The highest BCUT2D eigenvalue weighted by atomic mass is 32.2. The first-order chi connectivity index (χ1) is 16.9. The van der Waals surface area contributed by atoms with E-state index < -0.39 is 33.4 Å². The maximum Gasteiger partial charge on any atom is 0.318 e. The van der Waals surface area contributed by atoms with Crippen LogP contribution in [-0.2, 0) is 9.52 Å². The van der Waals surface area contributed by atoms with E-state index in [2.05, 4.69) is 25.4 Å². The molecule has 3 aliphatic rings. The van der Waals surface area contributed by atoms with E-state index in [0.717, 1.165) is 37.7 Å². The number of aliphatic hydroxyl groups excluding tert-OH is 2. The van der Waals surface area contributed by atoms with Crippen LogP contribution < -0.4 is 0 Å². The van der Waals surface area contributed by atoms with Gasteiger partial charge in [0.15, 0.2) is 0 Å². The zero-order chi connectivity index (χ0) is 26.3. The van der Waals surface area contributed by atoms with Crippen molar-refractivity contribution in [2.24, 2.45) is 23.2 Å². The Hall–Kier alpha value is -1.76. The summed E-state index contributed by atoms with van der Waals surface area (Å²) in [5.74, 6) is 3.65. The second-order valence-corrected chi connectivity index (χ2v) is 13.9. The Morgan fingerprint density at radius 1 is 1.22 bits per heavy atom. The summed E-state index contributed by atoms with van der Waals surface area (Å²) < 4.78 is 44.0. The number of alkyl halides is 2. The summed E-state index contributed by atoms with van der Waals surface area (Å²) in [6, 6.07) is 7.92. The minimum Gasteiger partial charge on any atom is -0.393 e. The maximum atomic E-state index is 15.4. The number of allylic oxidation sites excluding steroid dienone is 3. The molecule has 1 unspecified atom stereocenters. The number of hydrogen-bond acceptors (Lipinski definition) is 3. The molecule has 36 heavy (non-hydrogen) atoms. The van der Waals surface area contributed by atoms with E-state index in [-0.39, 0.29) is 22.1 Å². The van der Waals surface area contributed by atoms with E-state index in [1.165, 1.54) is 17.7 Å². The van der Waals surface area contributed by atoms with Crippen LogP contribution in [0.25, 0.3) is 0 Å². The Kier molecular flexibility index (Phi) is 7.72. The van der Waals surface area contributed by atoms with Gasteiger partial charge in [0.1, 0.15) is 0 Å². The average molecular weight is 519 g/mol. The monoisotopic (exact) mass is 518 g/mol. The van der Waals surface area contributed by atoms with Crippen molar-refractivity contribution in [1.82, 2.24) is 0 Å². The third kappa shape index (κ3) is 5.01. The quantitative estimate of drug-likeness (QED) is 0.422. The van der Waals surface area contributed by atoms with Gasteiger partial charge in [-0.3, -0.25) is 4.21 Å². The molecule has 3 aliphatic carbocycles. The standard InChI is InChI=1S/C30H40F2O3S/c1-20(19-30(31,32)36(4,35)25-10-6-5-7-11-25)26-14-15-27-22(9-8-16-29(26,27)3)12-13-23-17-24(33)18-28(34)21(23)2/h5-7,10-13,20,24,26-28,33-34H,2,4,8-9,14-19H2,1,3H3/b22-12+,23-13-/t20-,24-,26-,27+,28+,29-,36?/m1/s1. The number of rotatable bonds is 6. The molecule has 0 radical (unpaired) electrons. The van der Waals surface area contributed by atoms with Crippen molar-refractivity contribution in [3.05, 3.63) is 65.8 Å². The molecular weight excluding hydrogens is 478 g/mol. The molecule has 1 aromatic rings. The summed E-state index contributed by atoms with van der Waals surface area (Å²) >= 11 is 0. The summed E-state index contributed by atoms with van der Waals surface area (Å²) in [5.41, 5.74) is 2.79. The molecule has 0 heterocycles. The van der Waals surface area contributed by atoms with Gasteiger partial charge in [-0.25, -0.2) is 0 Å². The highest BCUT2D eigenvalue weighted by molar-refractivity contribution is 8.01. The maximum absolute atomic E-state index is 15.4. The molecule has 1 aromatic carbocycles. The van der Waals surface area contributed by atoms with E-state index >= 15 is 8.78 Å². The second kappa shape index (κ2) is 10.2. The van der Waals surface area contributed by atoms with Crippen LogP contribution in [0, 0.1) is 23.2 Å². The molecule has 2 N–H and O–H groups in total. The lowest BCUT2D eigenvalue weighted by molar-refractivity contribution is 0.0281. The molecule has 3 saturated carbocycles. The zero-order valence-electron chi connectivity index (χ0n) is 21.5. The third-order valence-corrected chi connectivity index (χ3v) is 11.3. The Labute approximate surface area is 215 Å². The SMILES string of the molecule is C=C1/C(=C\C=C2/CCC[C@]3(C)[C@@H]([C@H](C)CC(F)(F)S(=C)(=O)c4ccccc4)CC[C@@H]23)C[C@@H](O)C[C@@H]1O. The first kappa shape index (κ1) is 27.3. The van der Waals surface area contributed by atoms with Crippen molar-refractivity contribution in [3.63, 3.8) is 0 Å². The highest BCUT2D eigenvalue weighted by Gasteiger charge is 2.53. The van der Waals surface area contributed by atoms with Gasteiger partial charge < -0.3 is 10.2 Å². The summed E-state index contributed by atoms with van der Waals surface area (Å²) in [6.07, 6.45) is 8.02. The van der Waals surface area contributed by atoms with Crippen LogP contribution in [0.1, 0.15) is 65.2 Å². The Morgan fingerprint density at radius 2 is 1.92 bits per heavy atom. The van der Waals surface area contributed by atoms with Crippen molar-refractivity contribution < 1.29 is 23.2 Å². The molecule has 0 aliphatic heterocycles. The molecule has 0 bridgehead atoms. The zero-order valence-corrected chi connectivity index (χ0v) is 22.3. The number of hydrogen-bond donors (Lipinski definition) is 2. The van der Waals surface area contributed by atoms with Crippen LogP contribution in [0.3, 0.4) is 0 Å². The summed E-state index contributed by atoms with van der Waals surface area (Å²) in [5, 5.41) is 16.8. The minimum absolute atomic E-state index is 0.0878. The van der Waals surface area contributed by atoms with Crippen LogP contribution in [0.5, 0.6) is 0 Å². The molecule has 0 aromatic heterocycles. The van der Waals surface area contributed by atoms with Crippen molar-refractivity contribution in [2.75, 3.05) is 0 Å². The second-order valence-electron chi connectivity index (χ2n) is 11.5. The molecular formula is C30H40F2O3S. The van der Waals surface area contributed by atoms with Crippen molar-refractivity contribution >= 4 is 15.4 Å². The molecule has 0 amide bonds. The van der Waals surface area contributed by atoms with Gasteiger partial charge in [-0.15, -0.1) is 0 Å². The van der Waals surface area contributed by atoms with Gasteiger partial charge in [0.2, 0.25) is 0 Å². The van der Waals surface area contributed by atoms with Crippen LogP contribution in [0.4, 0.5) is 8.78 Å². The molecule has 3 nitrogen and oxygen atoms in total. The van der Waals surface area contributed by atoms with Crippen LogP contribution in [0.15, 0.2) is 70.7 Å². The van der Waals surface area contributed by atoms with E-state index in [9.17, 15) is 14.4 Å². The number of fused-ring (bicyclic) bond motifs is 1. The van der Waals surface area contributed by atoms with Crippen LogP contribution >= 0.6 is 0 Å². The smallest absolute Gasteiger partial charge is 0.318 e. The van der Waals surface area contributed by atoms with E-state index in [1.54, 1.807) is 18.2 Å². The number of benzene rings is 1. The summed E-state index contributed by atoms with van der Waals surface area (Å²) in [7, 11) is -3.76. The topological polar surface area (TPSA) is 57.5 Å². The lowest BCUT2D eigenvalue weighted by Crippen LogP contribution is -2.39. The van der Waals surface area contributed by atoms with E-state index in [4.69, 9.17) is 0 Å². The van der Waals surface area contributed by atoms with E-state index in [1.807, 2.05) is 13.0 Å². The van der Waals surface area contributed by atoms with Crippen molar-refractivity contribution in [2.45, 2.75) is 87.6 Å². The highest BCUT2D eigenvalue weighted by Crippen LogP contribution is 2.60. The van der Waals surface area contributed by atoms with Gasteiger partial charge >= 0.3 is 5.25 Å². The predicted molar refractivity (Wildman–Crippen MR) is 143 cm³/mol. The lowest BCUT2D eigenvalue weighted by atomic mass is 9.61. The van der Waals surface area contributed by atoms with Crippen molar-refractivity contribution in [3.8, 4) is 0 Å². The Bertz CT molecular complexity index is 1140. The Morgan fingerprint density at radius 3 is 2.61 bits per heavy atom. The molecule has 3 fully saturated rings.